The molecular weight excluding hydrogens is 246 g/mol. The molecule has 3 nitrogen and oxygen atoms in total. The number of pyridine rings is 1. The molecule has 1 aromatic carbocycles. The Morgan fingerprint density at radius 1 is 1.30 bits per heavy atom. The van der Waals surface area contributed by atoms with Crippen LogP contribution < -0.4 is 10.6 Å². The highest BCUT2D eigenvalue weighted by atomic mass is 15.2. The van der Waals surface area contributed by atoms with Gasteiger partial charge in [0.1, 0.15) is 5.82 Å². The van der Waals surface area contributed by atoms with E-state index in [1.165, 1.54) is 30.2 Å². The molecule has 0 aliphatic carbocycles. The topological polar surface area (TPSA) is 42.2 Å². The van der Waals surface area contributed by atoms with Gasteiger partial charge in [-0.25, -0.2) is 4.98 Å². The smallest absolute Gasteiger partial charge is 0.132 e. The first-order valence-corrected chi connectivity index (χ1v) is 7.55. The van der Waals surface area contributed by atoms with E-state index in [0.29, 0.717) is 18.6 Å². The van der Waals surface area contributed by atoms with Crippen LogP contribution in [0.1, 0.15) is 31.7 Å². The fourth-order valence-electron chi connectivity index (χ4n) is 3.37. The van der Waals surface area contributed by atoms with E-state index in [2.05, 4.69) is 49.1 Å². The van der Waals surface area contributed by atoms with Gasteiger partial charge in [-0.15, -0.1) is 0 Å². The van der Waals surface area contributed by atoms with E-state index in [1.54, 1.807) is 0 Å². The number of benzene rings is 1. The maximum Gasteiger partial charge on any atom is 0.132 e. The van der Waals surface area contributed by atoms with Gasteiger partial charge in [0.25, 0.3) is 0 Å². The molecule has 106 valence electrons. The molecule has 3 heteroatoms. The molecule has 3 rings (SSSR count). The summed E-state index contributed by atoms with van der Waals surface area (Å²) in [5.41, 5.74) is 8.30. The first kappa shape index (κ1) is 13.4. The van der Waals surface area contributed by atoms with Crippen LogP contribution >= 0.6 is 0 Å². The van der Waals surface area contributed by atoms with Gasteiger partial charge in [-0.2, -0.15) is 0 Å². The van der Waals surface area contributed by atoms with Crippen LogP contribution in [0.5, 0.6) is 0 Å². The summed E-state index contributed by atoms with van der Waals surface area (Å²) in [6, 6.07) is 11.5. The lowest BCUT2D eigenvalue weighted by Gasteiger charge is -2.42. The first-order valence-electron chi connectivity index (χ1n) is 7.55. The first-order chi connectivity index (χ1) is 9.70. The number of hydrogen-bond acceptors (Lipinski definition) is 3. The average Bonchev–Trinajstić information content (AvgIpc) is 2.46. The van der Waals surface area contributed by atoms with Crippen LogP contribution in [0.4, 0.5) is 5.82 Å². The summed E-state index contributed by atoms with van der Waals surface area (Å²) in [5.74, 6) is 1.12. The number of nitrogens with two attached hydrogens (primary N) is 1. The second-order valence-corrected chi connectivity index (χ2v) is 5.90. The Bertz CT molecular complexity index is 608. The minimum absolute atomic E-state index is 0.422. The van der Waals surface area contributed by atoms with E-state index in [4.69, 9.17) is 10.7 Å². The number of hydrogen-bond donors (Lipinski definition) is 1. The van der Waals surface area contributed by atoms with Crippen LogP contribution in [-0.4, -0.2) is 23.6 Å². The number of para-hydroxylation sites is 1. The third-order valence-corrected chi connectivity index (χ3v) is 4.43. The second-order valence-electron chi connectivity index (χ2n) is 5.90. The maximum atomic E-state index is 5.99. The molecule has 20 heavy (non-hydrogen) atoms. The van der Waals surface area contributed by atoms with Crippen molar-refractivity contribution in [3.05, 3.63) is 35.9 Å². The fourth-order valence-corrected chi connectivity index (χ4v) is 3.37. The highest BCUT2D eigenvalue weighted by Gasteiger charge is 2.29. The molecule has 1 fully saturated rings. The van der Waals surface area contributed by atoms with Crippen LogP contribution in [-0.2, 0) is 0 Å². The molecule has 2 aromatic rings. The van der Waals surface area contributed by atoms with Gasteiger partial charge in [-0.05, 0) is 50.8 Å². The van der Waals surface area contributed by atoms with Crippen molar-refractivity contribution in [2.75, 3.05) is 11.4 Å². The highest BCUT2D eigenvalue weighted by Crippen LogP contribution is 2.31. The van der Waals surface area contributed by atoms with Gasteiger partial charge < -0.3 is 10.6 Å². The molecule has 2 atom stereocenters. The molecule has 1 aliphatic rings. The molecule has 1 aliphatic heterocycles. The number of aryl methyl sites for hydroxylation is 1. The summed E-state index contributed by atoms with van der Waals surface area (Å²) < 4.78 is 0. The summed E-state index contributed by atoms with van der Waals surface area (Å²) in [6.07, 6.45) is 3.67. The van der Waals surface area contributed by atoms with E-state index in [0.717, 1.165) is 11.3 Å². The zero-order valence-corrected chi connectivity index (χ0v) is 12.3. The summed E-state index contributed by atoms with van der Waals surface area (Å²) in [5, 5.41) is 1.21. The average molecular weight is 269 g/mol. The van der Waals surface area contributed by atoms with Gasteiger partial charge in [0, 0.05) is 24.0 Å². The standard InChI is InChI=1S/C17H23N3/c1-12-10-14-7-3-4-9-16(14)19-17(12)20-13(2)6-5-8-15(20)11-18/h3-4,7,9-10,13,15H,5-6,8,11,18H2,1-2H3. The summed E-state index contributed by atoms with van der Waals surface area (Å²) >= 11 is 0. The molecule has 1 saturated heterocycles. The second kappa shape index (κ2) is 5.41. The largest absolute Gasteiger partial charge is 0.349 e. The van der Waals surface area contributed by atoms with Gasteiger partial charge in [0.15, 0.2) is 0 Å². The van der Waals surface area contributed by atoms with Gasteiger partial charge in [0.05, 0.1) is 5.52 Å². The van der Waals surface area contributed by atoms with Crippen molar-refractivity contribution in [3.8, 4) is 0 Å². The Balaban J connectivity index is 2.09. The fraction of sp³-hybridized carbons (Fsp3) is 0.471. The SMILES string of the molecule is Cc1cc2ccccc2nc1N1C(C)CCCC1CN. The Morgan fingerprint density at radius 2 is 2.10 bits per heavy atom. The van der Waals surface area contributed by atoms with E-state index in [9.17, 15) is 0 Å². The van der Waals surface area contributed by atoms with Crippen LogP contribution in [0.2, 0.25) is 0 Å². The number of fused-ring (bicyclic) bond motifs is 1. The quantitative estimate of drug-likeness (QED) is 0.910. The predicted octanol–water partition coefficient (Wildman–Crippen LogP) is 3.25. The van der Waals surface area contributed by atoms with Crippen molar-refractivity contribution >= 4 is 16.7 Å². The lowest BCUT2D eigenvalue weighted by atomic mass is 9.95. The zero-order chi connectivity index (χ0) is 14.1. The summed E-state index contributed by atoms with van der Waals surface area (Å²) in [6.45, 7) is 5.15. The number of aromatic nitrogens is 1. The Kier molecular flexibility index (Phi) is 3.62. The van der Waals surface area contributed by atoms with Crippen LogP contribution in [0.15, 0.2) is 30.3 Å². The number of rotatable bonds is 2. The van der Waals surface area contributed by atoms with E-state index in [1.807, 2.05) is 0 Å². The zero-order valence-electron chi connectivity index (χ0n) is 12.3. The minimum atomic E-state index is 0.422. The lowest BCUT2D eigenvalue weighted by Crippen LogP contribution is -2.49. The molecule has 0 amide bonds. The molecule has 0 radical (unpaired) electrons. The molecule has 0 saturated carbocycles. The van der Waals surface area contributed by atoms with Gasteiger partial charge in [-0.1, -0.05) is 18.2 Å². The van der Waals surface area contributed by atoms with Crippen molar-refractivity contribution in [1.29, 1.82) is 0 Å². The van der Waals surface area contributed by atoms with Crippen molar-refractivity contribution in [2.45, 2.75) is 45.2 Å². The van der Waals surface area contributed by atoms with Gasteiger partial charge in [-0.3, -0.25) is 0 Å². The molecular formula is C17H23N3. The molecule has 2 unspecified atom stereocenters. The summed E-state index contributed by atoms with van der Waals surface area (Å²) in [7, 11) is 0. The van der Waals surface area contributed by atoms with Crippen molar-refractivity contribution < 1.29 is 0 Å². The molecule has 0 spiro atoms. The summed E-state index contributed by atoms with van der Waals surface area (Å²) in [4.78, 5) is 7.37. The van der Waals surface area contributed by atoms with Gasteiger partial charge >= 0.3 is 0 Å². The number of piperidine rings is 1. The number of nitrogens with zero attached hydrogens (tertiary/aromatic N) is 2. The molecule has 2 heterocycles. The Hall–Kier alpha value is -1.61. The van der Waals surface area contributed by atoms with Gasteiger partial charge in [0.2, 0.25) is 0 Å². The Morgan fingerprint density at radius 3 is 2.90 bits per heavy atom. The lowest BCUT2D eigenvalue weighted by molar-refractivity contribution is 0.397. The van der Waals surface area contributed by atoms with E-state index in [-0.39, 0.29) is 0 Å². The number of anilines is 1. The monoisotopic (exact) mass is 269 g/mol. The van der Waals surface area contributed by atoms with Crippen molar-refractivity contribution in [2.24, 2.45) is 5.73 Å². The van der Waals surface area contributed by atoms with Crippen LogP contribution in [0.3, 0.4) is 0 Å². The Labute approximate surface area is 120 Å². The van der Waals surface area contributed by atoms with Crippen LogP contribution in [0, 0.1) is 6.92 Å². The third kappa shape index (κ3) is 2.27. The highest BCUT2D eigenvalue weighted by molar-refractivity contribution is 5.81. The van der Waals surface area contributed by atoms with E-state index < -0.39 is 0 Å². The molecule has 0 bridgehead atoms. The van der Waals surface area contributed by atoms with Crippen LogP contribution in [0.25, 0.3) is 10.9 Å². The molecule has 2 N–H and O–H groups in total. The molecule has 1 aromatic heterocycles. The maximum absolute atomic E-state index is 5.99. The third-order valence-electron chi connectivity index (χ3n) is 4.43. The predicted molar refractivity (Wildman–Crippen MR) is 85.1 cm³/mol. The van der Waals surface area contributed by atoms with Crippen molar-refractivity contribution in [1.82, 2.24) is 4.98 Å². The minimum Gasteiger partial charge on any atom is -0.349 e. The van der Waals surface area contributed by atoms with Crippen molar-refractivity contribution in [3.63, 3.8) is 0 Å². The normalized spacial score (nSPS) is 23.2. The van der Waals surface area contributed by atoms with E-state index >= 15 is 0 Å².